The molecule has 20 heavy (non-hydrogen) atoms. The highest BCUT2D eigenvalue weighted by Crippen LogP contribution is 2.39. The molecular weight excluding hydrogens is 268 g/mol. The second kappa shape index (κ2) is 4.54. The topological polar surface area (TPSA) is 138 Å². The first-order chi connectivity index (χ1) is 9.31. The first kappa shape index (κ1) is 13.3. The second-order valence-corrected chi connectivity index (χ2v) is 4.05. The van der Waals surface area contributed by atoms with Crippen LogP contribution in [0.2, 0.25) is 0 Å². The zero-order valence-electron chi connectivity index (χ0n) is 9.90. The average Bonchev–Trinajstić information content (AvgIpc) is 2.25. The van der Waals surface area contributed by atoms with Crippen molar-refractivity contribution in [3.63, 3.8) is 0 Å². The van der Waals surface area contributed by atoms with Gasteiger partial charge in [0, 0.05) is 24.3 Å². The van der Waals surface area contributed by atoms with Crippen molar-refractivity contribution in [1.29, 1.82) is 0 Å². The molecule has 0 fully saturated rings. The van der Waals surface area contributed by atoms with Gasteiger partial charge >= 0.3 is 0 Å². The molecule has 2 aromatic rings. The van der Waals surface area contributed by atoms with Crippen LogP contribution in [0, 0.1) is 0 Å². The highest BCUT2D eigenvalue weighted by molar-refractivity contribution is 6.15. The van der Waals surface area contributed by atoms with Crippen LogP contribution < -0.4 is 0 Å². The molecule has 0 heterocycles. The van der Waals surface area contributed by atoms with Crippen LogP contribution in [0.25, 0.3) is 0 Å². The Kier molecular flexibility index (Phi) is 3.03. The SMILES string of the molecule is O=C(c1c(O)cc(O)cc1O)c1c(O)cc(O)cc1O. The van der Waals surface area contributed by atoms with Gasteiger partial charge < -0.3 is 30.6 Å². The van der Waals surface area contributed by atoms with Crippen molar-refractivity contribution in [3.8, 4) is 34.5 Å². The van der Waals surface area contributed by atoms with Crippen molar-refractivity contribution < 1.29 is 35.4 Å². The molecule has 0 amide bonds. The van der Waals surface area contributed by atoms with Crippen LogP contribution in [0.15, 0.2) is 24.3 Å². The van der Waals surface area contributed by atoms with Crippen LogP contribution in [-0.4, -0.2) is 36.4 Å². The largest absolute Gasteiger partial charge is 0.508 e. The molecule has 0 saturated carbocycles. The third kappa shape index (κ3) is 2.12. The third-order valence-electron chi connectivity index (χ3n) is 2.62. The molecule has 0 aromatic heterocycles. The molecular formula is C13H10O7. The van der Waals surface area contributed by atoms with Crippen molar-refractivity contribution in [2.45, 2.75) is 0 Å². The molecule has 0 radical (unpaired) electrons. The van der Waals surface area contributed by atoms with Crippen molar-refractivity contribution >= 4 is 5.78 Å². The molecule has 0 saturated heterocycles. The van der Waals surface area contributed by atoms with E-state index in [0.29, 0.717) is 0 Å². The molecule has 7 heteroatoms. The lowest BCUT2D eigenvalue weighted by atomic mass is 9.99. The number of carbonyl (C=O) groups excluding carboxylic acids is 1. The van der Waals surface area contributed by atoms with Crippen LogP contribution in [0.5, 0.6) is 34.5 Å². The first-order valence-corrected chi connectivity index (χ1v) is 5.36. The third-order valence-corrected chi connectivity index (χ3v) is 2.62. The number of rotatable bonds is 2. The highest BCUT2D eigenvalue weighted by atomic mass is 16.3. The average molecular weight is 278 g/mol. The van der Waals surface area contributed by atoms with Crippen LogP contribution in [0.4, 0.5) is 0 Å². The lowest BCUT2D eigenvalue weighted by molar-refractivity contribution is 0.102. The Hall–Kier alpha value is -3.09. The van der Waals surface area contributed by atoms with Crippen molar-refractivity contribution in [3.05, 3.63) is 35.4 Å². The summed E-state index contributed by atoms with van der Waals surface area (Å²) in [6, 6.07) is 3.28. The zero-order chi connectivity index (χ0) is 15.0. The van der Waals surface area contributed by atoms with Gasteiger partial charge in [-0.2, -0.15) is 0 Å². The Balaban J connectivity index is 2.64. The summed E-state index contributed by atoms with van der Waals surface area (Å²) in [5.41, 5.74) is -1.20. The minimum Gasteiger partial charge on any atom is -0.508 e. The quantitative estimate of drug-likeness (QED) is 0.453. The Morgan fingerprint density at radius 2 is 0.850 bits per heavy atom. The molecule has 0 unspecified atom stereocenters. The molecule has 0 atom stereocenters. The van der Waals surface area contributed by atoms with Crippen LogP contribution >= 0.6 is 0 Å². The number of phenols is 6. The van der Waals surface area contributed by atoms with Gasteiger partial charge in [0.15, 0.2) is 0 Å². The van der Waals surface area contributed by atoms with Crippen molar-refractivity contribution in [1.82, 2.24) is 0 Å². The molecule has 2 rings (SSSR count). The van der Waals surface area contributed by atoms with Gasteiger partial charge in [0.1, 0.15) is 45.6 Å². The van der Waals surface area contributed by atoms with E-state index in [-0.39, 0.29) is 0 Å². The molecule has 0 aliphatic carbocycles. The minimum absolute atomic E-state index is 0.462. The van der Waals surface area contributed by atoms with E-state index in [1.54, 1.807) is 0 Å². The number of hydrogen-bond donors (Lipinski definition) is 6. The normalized spacial score (nSPS) is 10.4. The predicted octanol–water partition coefficient (Wildman–Crippen LogP) is 1.15. The number of hydrogen-bond acceptors (Lipinski definition) is 7. The second-order valence-electron chi connectivity index (χ2n) is 4.05. The maximum Gasteiger partial charge on any atom is 0.207 e. The van der Waals surface area contributed by atoms with E-state index < -0.39 is 51.4 Å². The van der Waals surface area contributed by atoms with Crippen LogP contribution in [-0.2, 0) is 0 Å². The first-order valence-electron chi connectivity index (χ1n) is 5.36. The van der Waals surface area contributed by atoms with Gasteiger partial charge in [-0.25, -0.2) is 0 Å². The maximum absolute atomic E-state index is 12.1. The van der Waals surface area contributed by atoms with Gasteiger partial charge in [-0.1, -0.05) is 0 Å². The van der Waals surface area contributed by atoms with E-state index in [4.69, 9.17) is 10.2 Å². The Labute approximate surface area is 112 Å². The summed E-state index contributed by atoms with van der Waals surface area (Å²) in [7, 11) is 0. The van der Waals surface area contributed by atoms with Crippen molar-refractivity contribution in [2.75, 3.05) is 0 Å². The summed E-state index contributed by atoms with van der Waals surface area (Å²) in [5, 5.41) is 56.7. The lowest BCUT2D eigenvalue weighted by Crippen LogP contribution is -2.03. The molecule has 0 aliphatic rings. The lowest BCUT2D eigenvalue weighted by Gasteiger charge is -2.10. The maximum atomic E-state index is 12.1. The van der Waals surface area contributed by atoms with E-state index in [1.165, 1.54) is 0 Å². The van der Waals surface area contributed by atoms with Gasteiger partial charge in [0.05, 0.1) is 0 Å². The fourth-order valence-corrected chi connectivity index (χ4v) is 1.79. The molecule has 2 aromatic carbocycles. The number of benzene rings is 2. The Bertz CT molecular complexity index is 600. The number of ketones is 1. The monoisotopic (exact) mass is 278 g/mol. The van der Waals surface area contributed by atoms with E-state index in [9.17, 15) is 25.2 Å². The van der Waals surface area contributed by atoms with Gasteiger partial charge in [0.2, 0.25) is 5.78 Å². The predicted molar refractivity (Wildman–Crippen MR) is 66.3 cm³/mol. The molecule has 0 aliphatic heterocycles. The fraction of sp³-hybridized carbons (Fsp3) is 0. The Morgan fingerprint density at radius 1 is 0.600 bits per heavy atom. The smallest absolute Gasteiger partial charge is 0.207 e. The molecule has 0 bridgehead atoms. The van der Waals surface area contributed by atoms with Gasteiger partial charge in [-0.3, -0.25) is 4.79 Å². The van der Waals surface area contributed by atoms with E-state index in [2.05, 4.69) is 0 Å². The van der Waals surface area contributed by atoms with Crippen LogP contribution in [0.1, 0.15) is 15.9 Å². The molecule has 0 spiro atoms. The molecule has 7 nitrogen and oxygen atoms in total. The zero-order valence-corrected chi connectivity index (χ0v) is 9.90. The number of aromatic hydroxyl groups is 6. The standard InChI is InChI=1S/C13H10O7/c14-5-1-7(16)11(8(17)2-5)13(20)12-9(18)3-6(15)4-10(12)19/h1-4,14-19H. The summed E-state index contributed by atoms with van der Waals surface area (Å²) < 4.78 is 0. The number of phenolic OH excluding ortho intramolecular Hbond substituents is 6. The van der Waals surface area contributed by atoms with E-state index in [0.717, 1.165) is 24.3 Å². The molecule has 6 N–H and O–H groups in total. The van der Waals surface area contributed by atoms with E-state index in [1.807, 2.05) is 0 Å². The summed E-state index contributed by atoms with van der Waals surface area (Å²) >= 11 is 0. The van der Waals surface area contributed by atoms with E-state index >= 15 is 0 Å². The Morgan fingerprint density at radius 3 is 1.10 bits per heavy atom. The summed E-state index contributed by atoms with van der Waals surface area (Å²) in [6.45, 7) is 0. The summed E-state index contributed by atoms with van der Waals surface area (Å²) in [5.74, 6) is -4.89. The van der Waals surface area contributed by atoms with Gasteiger partial charge in [-0.05, 0) is 0 Å². The molecule has 104 valence electrons. The highest BCUT2D eigenvalue weighted by Gasteiger charge is 2.25. The minimum atomic E-state index is -1.07. The number of carbonyl (C=O) groups is 1. The van der Waals surface area contributed by atoms with Crippen LogP contribution in [0.3, 0.4) is 0 Å². The van der Waals surface area contributed by atoms with Gasteiger partial charge in [-0.15, -0.1) is 0 Å². The fourth-order valence-electron chi connectivity index (χ4n) is 1.79. The summed E-state index contributed by atoms with van der Waals surface area (Å²) in [4.78, 5) is 12.1. The van der Waals surface area contributed by atoms with Crippen molar-refractivity contribution in [2.24, 2.45) is 0 Å². The van der Waals surface area contributed by atoms with Gasteiger partial charge in [0.25, 0.3) is 0 Å². The summed E-state index contributed by atoms with van der Waals surface area (Å²) in [6.07, 6.45) is 0.